The fourth-order valence-electron chi connectivity index (χ4n) is 3.01. The molecule has 8 heteroatoms. The molecular weight excluding hydrogens is 420 g/mol. The third kappa shape index (κ3) is 9.31. The summed E-state index contributed by atoms with van der Waals surface area (Å²) in [7, 11) is 0. The molecule has 0 saturated carbocycles. The number of nitrogens with two attached hydrogens (primary N) is 1. The highest BCUT2D eigenvalue weighted by molar-refractivity contribution is 5.96. The lowest BCUT2D eigenvalue weighted by molar-refractivity contribution is -0.120. The Hall–Kier alpha value is -3.42. The molecule has 1 atom stereocenters. The van der Waals surface area contributed by atoms with E-state index in [9.17, 15) is 14.4 Å². The minimum atomic E-state index is -0.763. The summed E-state index contributed by atoms with van der Waals surface area (Å²) < 4.78 is 5.10. The molecule has 0 aliphatic rings. The second kappa shape index (κ2) is 13.9. The fraction of sp³-hybridized carbons (Fsp3) is 0.440. The van der Waals surface area contributed by atoms with E-state index >= 15 is 0 Å². The van der Waals surface area contributed by atoms with Gasteiger partial charge in [0.15, 0.2) is 0 Å². The molecular formula is C25H36N4O4. The van der Waals surface area contributed by atoms with Crippen molar-refractivity contribution in [2.45, 2.75) is 66.7 Å². The maximum absolute atomic E-state index is 12.7. The minimum absolute atomic E-state index is 0.175. The van der Waals surface area contributed by atoms with Gasteiger partial charge in [0.25, 0.3) is 5.91 Å². The molecule has 1 aromatic heterocycles. The van der Waals surface area contributed by atoms with Crippen molar-refractivity contribution in [1.82, 2.24) is 15.6 Å². The summed E-state index contributed by atoms with van der Waals surface area (Å²) in [5.41, 5.74) is 7.76. The van der Waals surface area contributed by atoms with Crippen LogP contribution in [0.25, 0.3) is 11.3 Å². The predicted octanol–water partition coefficient (Wildman–Crippen LogP) is 4.04. The van der Waals surface area contributed by atoms with Crippen LogP contribution in [0.4, 0.5) is 4.79 Å². The van der Waals surface area contributed by atoms with Gasteiger partial charge in [-0.3, -0.25) is 9.59 Å². The number of pyridine rings is 1. The van der Waals surface area contributed by atoms with E-state index < -0.39 is 23.9 Å². The molecule has 2 rings (SSSR count). The largest absolute Gasteiger partial charge is 0.447 e. The first-order valence-corrected chi connectivity index (χ1v) is 11.3. The number of benzene rings is 1. The van der Waals surface area contributed by atoms with Crippen molar-refractivity contribution in [3.63, 3.8) is 0 Å². The van der Waals surface area contributed by atoms with Crippen molar-refractivity contribution >= 4 is 17.9 Å². The second-order valence-corrected chi connectivity index (χ2v) is 7.93. The molecule has 2 aromatic rings. The average molecular weight is 457 g/mol. The van der Waals surface area contributed by atoms with Gasteiger partial charge >= 0.3 is 6.09 Å². The number of rotatable bonds is 9. The van der Waals surface area contributed by atoms with Crippen LogP contribution in [0.15, 0.2) is 42.5 Å². The highest BCUT2D eigenvalue weighted by atomic mass is 16.6. The van der Waals surface area contributed by atoms with E-state index in [-0.39, 0.29) is 24.3 Å². The Bertz CT molecular complexity index is 928. The van der Waals surface area contributed by atoms with Gasteiger partial charge in [0.05, 0.1) is 11.8 Å². The zero-order valence-electron chi connectivity index (χ0n) is 20.3. The number of carbonyl (C=O) groups excluding carboxylic acids is 3. The lowest BCUT2D eigenvalue weighted by Crippen LogP contribution is -2.45. The van der Waals surface area contributed by atoms with Crippen molar-refractivity contribution in [3.05, 3.63) is 53.7 Å². The first kappa shape index (κ1) is 27.6. The van der Waals surface area contributed by atoms with Crippen LogP contribution in [0.2, 0.25) is 0 Å². The van der Waals surface area contributed by atoms with Crippen LogP contribution < -0.4 is 16.4 Å². The molecule has 0 radical (unpaired) electrons. The van der Waals surface area contributed by atoms with Gasteiger partial charge in [0.2, 0.25) is 5.91 Å². The summed E-state index contributed by atoms with van der Waals surface area (Å²) in [5, 5.41) is 5.38. The van der Waals surface area contributed by atoms with E-state index in [0.717, 1.165) is 11.1 Å². The van der Waals surface area contributed by atoms with Crippen LogP contribution in [0, 0.1) is 5.92 Å². The zero-order chi connectivity index (χ0) is 25.0. The molecule has 0 saturated heterocycles. The maximum atomic E-state index is 12.7. The fourth-order valence-corrected chi connectivity index (χ4v) is 3.01. The molecule has 1 aromatic carbocycles. The quantitative estimate of drug-likeness (QED) is 0.525. The van der Waals surface area contributed by atoms with Crippen LogP contribution in [-0.2, 0) is 16.1 Å². The molecule has 1 heterocycles. The van der Waals surface area contributed by atoms with Crippen LogP contribution in [-0.4, -0.2) is 35.0 Å². The standard InChI is InChI=1S/C23H30N4O4.C2H6/c1-14(2)12-20(21(24)28)27-22(29)19-11-7-10-18(26-19)17-9-6-5-8-16(17)13-25-23(30)31-15(3)4;1-2/h5-11,14-15,20H,12-13H2,1-4H3,(H2,24,28)(H,25,30)(H,27,29);1-2H3. The summed E-state index contributed by atoms with van der Waals surface area (Å²) in [6, 6.07) is 11.7. The number of nitrogens with one attached hydrogen (secondary N) is 2. The highest BCUT2D eigenvalue weighted by Crippen LogP contribution is 2.22. The average Bonchev–Trinajstić information content (AvgIpc) is 2.78. The van der Waals surface area contributed by atoms with Gasteiger partial charge in [-0.2, -0.15) is 0 Å². The third-order valence-corrected chi connectivity index (χ3v) is 4.40. The third-order valence-electron chi connectivity index (χ3n) is 4.40. The smallest absolute Gasteiger partial charge is 0.407 e. The van der Waals surface area contributed by atoms with Crippen LogP contribution in [0.3, 0.4) is 0 Å². The summed E-state index contributed by atoms with van der Waals surface area (Å²) in [6.07, 6.45) is -0.276. The topological polar surface area (TPSA) is 123 Å². The molecule has 3 amide bonds. The molecule has 0 fully saturated rings. The van der Waals surface area contributed by atoms with Gasteiger partial charge in [-0.05, 0) is 43.9 Å². The van der Waals surface area contributed by atoms with E-state index in [1.807, 2.05) is 52.0 Å². The normalized spacial score (nSPS) is 11.3. The van der Waals surface area contributed by atoms with Gasteiger partial charge in [-0.15, -0.1) is 0 Å². The van der Waals surface area contributed by atoms with Gasteiger partial charge in [0.1, 0.15) is 11.7 Å². The number of carbonyl (C=O) groups is 3. The number of nitrogens with zero attached hydrogens (tertiary/aromatic N) is 1. The SMILES string of the molecule is CC.CC(C)CC(NC(=O)c1cccc(-c2ccccc2CNC(=O)OC(C)C)n1)C(N)=O. The van der Waals surface area contributed by atoms with Gasteiger partial charge in [-0.1, -0.05) is 58.0 Å². The lowest BCUT2D eigenvalue weighted by atomic mass is 10.0. The number of amides is 3. The summed E-state index contributed by atoms with van der Waals surface area (Å²) in [6.45, 7) is 11.7. The molecule has 1 unspecified atom stereocenters. The van der Waals surface area contributed by atoms with Crippen LogP contribution >= 0.6 is 0 Å². The number of hydrogen-bond donors (Lipinski definition) is 3. The number of hydrogen-bond acceptors (Lipinski definition) is 5. The number of primary amides is 1. The maximum Gasteiger partial charge on any atom is 0.407 e. The molecule has 0 spiro atoms. The van der Waals surface area contributed by atoms with Crippen LogP contribution in [0.5, 0.6) is 0 Å². The first-order chi connectivity index (χ1) is 15.7. The van der Waals surface area contributed by atoms with E-state index in [4.69, 9.17) is 10.5 Å². The number of alkyl carbamates (subject to hydrolysis) is 1. The zero-order valence-corrected chi connectivity index (χ0v) is 20.3. The number of aromatic nitrogens is 1. The number of ether oxygens (including phenoxy) is 1. The molecule has 4 N–H and O–H groups in total. The minimum Gasteiger partial charge on any atom is -0.447 e. The molecule has 0 aliphatic carbocycles. The van der Waals surface area contributed by atoms with Gasteiger partial charge < -0.3 is 21.1 Å². The van der Waals surface area contributed by atoms with Crippen LogP contribution in [0.1, 0.15) is 64.0 Å². The van der Waals surface area contributed by atoms with E-state index in [1.165, 1.54) is 0 Å². The van der Waals surface area contributed by atoms with Crippen molar-refractivity contribution in [2.24, 2.45) is 11.7 Å². The van der Waals surface area contributed by atoms with Crippen molar-refractivity contribution < 1.29 is 19.1 Å². The Morgan fingerprint density at radius 3 is 2.27 bits per heavy atom. The van der Waals surface area contributed by atoms with E-state index in [1.54, 1.807) is 32.0 Å². The molecule has 8 nitrogen and oxygen atoms in total. The van der Waals surface area contributed by atoms with Crippen molar-refractivity contribution in [3.8, 4) is 11.3 Å². The predicted molar refractivity (Wildman–Crippen MR) is 129 cm³/mol. The lowest BCUT2D eigenvalue weighted by Gasteiger charge is -2.17. The molecule has 0 aliphatic heterocycles. The van der Waals surface area contributed by atoms with E-state index in [0.29, 0.717) is 12.1 Å². The Morgan fingerprint density at radius 2 is 1.67 bits per heavy atom. The Balaban J connectivity index is 0.00000265. The summed E-state index contributed by atoms with van der Waals surface area (Å²) in [5.74, 6) is -0.857. The first-order valence-electron chi connectivity index (χ1n) is 11.3. The Morgan fingerprint density at radius 1 is 1.00 bits per heavy atom. The van der Waals surface area contributed by atoms with Gasteiger partial charge in [-0.25, -0.2) is 9.78 Å². The van der Waals surface area contributed by atoms with Gasteiger partial charge in [0, 0.05) is 12.1 Å². The Labute approximate surface area is 196 Å². The summed E-state index contributed by atoms with van der Waals surface area (Å²) in [4.78, 5) is 40.6. The Kier molecular flexibility index (Phi) is 11.6. The monoisotopic (exact) mass is 456 g/mol. The highest BCUT2D eigenvalue weighted by Gasteiger charge is 2.21. The van der Waals surface area contributed by atoms with E-state index in [2.05, 4.69) is 15.6 Å². The molecule has 33 heavy (non-hydrogen) atoms. The van der Waals surface area contributed by atoms with Crippen molar-refractivity contribution in [2.75, 3.05) is 0 Å². The molecule has 180 valence electrons. The van der Waals surface area contributed by atoms with Crippen molar-refractivity contribution in [1.29, 1.82) is 0 Å². The summed E-state index contributed by atoms with van der Waals surface area (Å²) >= 11 is 0. The molecule has 0 bridgehead atoms. The second-order valence-electron chi connectivity index (χ2n) is 7.93.